The number of nitrogens with one attached hydrogen (secondary N) is 1. The highest BCUT2D eigenvalue weighted by Gasteiger charge is 2.11. The van der Waals surface area contributed by atoms with E-state index in [0.29, 0.717) is 22.3 Å². The lowest BCUT2D eigenvalue weighted by atomic mass is 10.3. The van der Waals surface area contributed by atoms with E-state index >= 15 is 0 Å². The van der Waals surface area contributed by atoms with Crippen LogP contribution >= 0.6 is 23.2 Å². The summed E-state index contributed by atoms with van der Waals surface area (Å²) in [5, 5.41) is 7.38. The van der Waals surface area contributed by atoms with Gasteiger partial charge in [0.05, 0.1) is 10.7 Å². The van der Waals surface area contributed by atoms with Crippen molar-refractivity contribution in [3.8, 4) is 0 Å². The fourth-order valence-corrected chi connectivity index (χ4v) is 1.91. The van der Waals surface area contributed by atoms with Gasteiger partial charge in [0.1, 0.15) is 5.69 Å². The second-order valence-corrected chi connectivity index (χ2v) is 4.79. The Morgan fingerprint density at radius 3 is 2.75 bits per heavy atom. The Bertz CT molecular complexity index is 713. The maximum atomic E-state index is 12.1. The number of anilines is 1. The van der Waals surface area contributed by atoms with E-state index in [0.717, 1.165) is 0 Å². The molecule has 0 unspecified atom stereocenters. The minimum atomic E-state index is -0.462. The Morgan fingerprint density at radius 1 is 1.30 bits per heavy atom. The Labute approximate surface area is 125 Å². The van der Waals surface area contributed by atoms with Crippen LogP contribution in [0.1, 0.15) is 17.4 Å². The molecule has 104 valence electrons. The molecule has 1 amide bonds. The van der Waals surface area contributed by atoms with Gasteiger partial charge in [-0.15, -0.1) is 0 Å². The number of nitrogens with zero attached hydrogens (tertiary/aromatic N) is 2. The van der Waals surface area contributed by atoms with Gasteiger partial charge >= 0.3 is 0 Å². The number of aromatic nitrogens is 2. The quantitative estimate of drug-likeness (QED) is 0.948. The van der Waals surface area contributed by atoms with Gasteiger partial charge in [-0.3, -0.25) is 9.59 Å². The second-order valence-electron chi connectivity index (χ2n) is 3.95. The predicted octanol–water partition coefficient (Wildman–Crippen LogP) is 2.82. The van der Waals surface area contributed by atoms with Crippen molar-refractivity contribution in [3.05, 3.63) is 56.4 Å². The lowest BCUT2D eigenvalue weighted by molar-refractivity contribution is 0.102. The molecule has 2 rings (SSSR count). The zero-order valence-electron chi connectivity index (χ0n) is 10.6. The average molecular weight is 312 g/mol. The maximum absolute atomic E-state index is 12.1. The summed E-state index contributed by atoms with van der Waals surface area (Å²) in [5.41, 5.74) is 0.257. The molecule has 0 radical (unpaired) electrons. The summed E-state index contributed by atoms with van der Waals surface area (Å²) in [5.74, 6) is -0.462. The molecule has 0 aliphatic carbocycles. The minimum absolute atomic E-state index is 0.127. The van der Waals surface area contributed by atoms with Gasteiger partial charge in [-0.2, -0.15) is 5.10 Å². The molecule has 1 N–H and O–H groups in total. The van der Waals surface area contributed by atoms with Crippen LogP contribution in [0.15, 0.2) is 35.1 Å². The number of benzene rings is 1. The molecule has 0 saturated carbocycles. The molecule has 0 saturated heterocycles. The average Bonchev–Trinajstić information content (AvgIpc) is 2.43. The summed E-state index contributed by atoms with van der Waals surface area (Å²) in [6.07, 6.45) is 0. The van der Waals surface area contributed by atoms with E-state index in [4.69, 9.17) is 23.2 Å². The van der Waals surface area contributed by atoms with E-state index in [-0.39, 0.29) is 11.3 Å². The summed E-state index contributed by atoms with van der Waals surface area (Å²) in [7, 11) is 0. The van der Waals surface area contributed by atoms with Gasteiger partial charge in [0.2, 0.25) is 0 Å². The molecular formula is C13H11Cl2N3O2. The molecule has 1 heterocycles. The first-order chi connectivity index (χ1) is 9.51. The van der Waals surface area contributed by atoms with Crippen LogP contribution in [-0.4, -0.2) is 15.7 Å². The number of hydrogen-bond donors (Lipinski definition) is 1. The number of halogens is 2. The Kier molecular flexibility index (Phi) is 4.42. The number of amides is 1. The molecule has 2 aromatic rings. The number of hydrogen-bond acceptors (Lipinski definition) is 3. The molecule has 0 aliphatic heterocycles. The van der Waals surface area contributed by atoms with Crippen molar-refractivity contribution >= 4 is 34.8 Å². The third-order valence-corrected chi connectivity index (χ3v) is 3.14. The summed E-state index contributed by atoms with van der Waals surface area (Å²) >= 11 is 11.8. The van der Waals surface area contributed by atoms with Crippen molar-refractivity contribution in [1.29, 1.82) is 0 Å². The van der Waals surface area contributed by atoms with Gasteiger partial charge in [-0.05, 0) is 31.2 Å². The molecular weight excluding hydrogens is 301 g/mol. The van der Waals surface area contributed by atoms with Gasteiger partial charge in [-0.25, -0.2) is 4.68 Å². The smallest absolute Gasteiger partial charge is 0.276 e. The highest BCUT2D eigenvalue weighted by Crippen LogP contribution is 2.25. The van der Waals surface area contributed by atoms with Gasteiger partial charge in [-0.1, -0.05) is 23.2 Å². The standard InChI is InChI=1S/C13H11Cl2N3O2/c1-2-18-12(19)6-5-10(17-18)13(20)16-11-7-8(14)3-4-9(11)15/h3-7H,2H2,1H3,(H,16,20). The monoisotopic (exact) mass is 311 g/mol. The van der Waals surface area contributed by atoms with Crippen molar-refractivity contribution in [2.24, 2.45) is 0 Å². The summed E-state index contributed by atoms with van der Waals surface area (Å²) < 4.78 is 1.20. The summed E-state index contributed by atoms with van der Waals surface area (Å²) in [4.78, 5) is 23.5. The third-order valence-electron chi connectivity index (χ3n) is 2.58. The molecule has 1 aromatic carbocycles. The SMILES string of the molecule is CCn1nc(C(=O)Nc2cc(Cl)ccc2Cl)ccc1=O. The van der Waals surface area contributed by atoms with E-state index in [2.05, 4.69) is 10.4 Å². The van der Waals surface area contributed by atoms with Crippen LogP contribution in [0.5, 0.6) is 0 Å². The van der Waals surface area contributed by atoms with Crippen LogP contribution in [0.2, 0.25) is 10.0 Å². The fraction of sp³-hybridized carbons (Fsp3) is 0.154. The Balaban J connectivity index is 2.28. The zero-order chi connectivity index (χ0) is 14.7. The molecule has 0 atom stereocenters. The molecule has 0 aliphatic rings. The van der Waals surface area contributed by atoms with E-state index in [9.17, 15) is 9.59 Å². The van der Waals surface area contributed by atoms with Gasteiger partial charge in [0.25, 0.3) is 11.5 Å². The predicted molar refractivity (Wildman–Crippen MR) is 78.6 cm³/mol. The van der Waals surface area contributed by atoms with Crippen molar-refractivity contribution < 1.29 is 4.79 Å². The maximum Gasteiger partial charge on any atom is 0.276 e. The number of carbonyl (C=O) groups is 1. The van der Waals surface area contributed by atoms with E-state index in [1.165, 1.54) is 22.9 Å². The highest BCUT2D eigenvalue weighted by molar-refractivity contribution is 6.35. The topological polar surface area (TPSA) is 64.0 Å². The molecule has 0 bridgehead atoms. The first kappa shape index (κ1) is 14.6. The minimum Gasteiger partial charge on any atom is -0.319 e. The largest absolute Gasteiger partial charge is 0.319 e. The molecule has 0 fully saturated rings. The Morgan fingerprint density at radius 2 is 2.05 bits per heavy atom. The van der Waals surface area contributed by atoms with Crippen LogP contribution in [0.3, 0.4) is 0 Å². The van der Waals surface area contributed by atoms with Crippen molar-refractivity contribution in [3.63, 3.8) is 0 Å². The van der Waals surface area contributed by atoms with Crippen molar-refractivity contribution in [2.75, 3.05) is 5.32 Å². The van der Waals surface area contributed by atoms with Gasteiger partial charge in [0, 0.05) is 17.6 Å². The van der Waals surface area contributed by atoms with Gasteiger partial charge in [0.15, 0.2) is 0 Å². The third kappa shape index (κ3) is 3.18. The van der Waals surface area contributed by atoms with Gasteiger partial charge < -0.3 is 5.32 Å². The van der Waals surface area contributed by atoms with Crippen LogP contribution in [0.25, 0.3) is 0 Å². The van der Waals surface area contributed by atoms with Crippen LogP contribution in [0.4, 0.5) is 5.69 Å². The first-order valence-electron chi connectivity index (χ1n) is 5.86. The summed E-state index contributed by atoms with van der Waals surface area (Å²) in [6.45, 7) is 2.15. The molecule has 5 nitrogen and oxygen atoms in total. The van der Waals surface area contributed by atoms with Crippen LogP contribution < -0.4 is 10.9 Å². The fourth-order valence-electron chi connectivity index (χ4n) is 1.58. The van der Waals surface area contributed by atoms with Crippen LogP contribution in [-0.2, 0) is 6.54 Å². The molecule has 0 spiro atoms. The Hall–Kier alpha value is -1.85. The molecule has 7 heteroatoms. The highest BCUT2D eigenvalue weighted by atomic mass is 35.5. The van der Waals surface area contributed by atoms with Crippen molar-refractivity contribution in [1.82, 2.24) is 9.78 Å². The lowest BCUT2D eigenvalue weighted by Gasteiger charge is -2.08. The van der Waals surface area contributed by atoms with Crippen molar-refractivity contribution in [2.45, 2.75) is 13.5 Å². The first-order valence-corrected chi connectivity index (χ1v) is 6.61. The van der Waals surface area contributed by atoms with E-state index in [1.807, 2.05) is 0 Å². The lowest BCUT2D eigenvalue weighted by Crippen LogP contribution is -2.25. The number of rotatable bonds is 3. The second kappa shape index (κ2) is 6.07. The van der Waals surface area contributed by atoms with E-state index < -0.39 is 5.91 Å². The number of carbonyl (C=O) groups excluding carboxylic acids is 1. The molecule has 20 heavy (non-hydrogen) atoms. The van der Waals surface area contributed by atoms with E-state index in [1.54, 1.807) is 19.1 Å². The normalized spacial score (nSPS) is 10.3. The summed E-state index contributed by atoms with van der Waals surface area (Å²) in [6, 6.07) is 7.40. The van der Waals surface area contributed by atoms with Crippen LogP contribution in [0, 0.1) is 0 Å². The molecule has 1 aromatic heterocycles. The number of aryl methyl sites for hydroxylation is 1. The zero-order valence-corrected chi connectivity index (χ0v) is 12.1.